The van der Waals surface area contributed by atoms with E-state index in [1.54, 1.807) is 29.2 Å². The van der Waals surface area contributed by atoms with Gasteiger partial charge >= 0.3 is 0 Å². The van der Waals surface area contributed by atoms with E-state index in [1.807, 2.05) is 0 Å². The summed E-state index contributed by atoms with van der Waals surface area (Å²) in [6, 6.07) is 6.46. The molecule has 0 radical (unpaired) electrons. The van der Waals surface area contributed by atoms with Gasteiger partial charge in [0, 0.05) is 17.6 Å². The monoisotopic (exact) mass is 319 g/mol. The molecule has 0 bridgehead atoms. The van der Waals surface area contributed by atoms with Gasteiger partial charge in [0.05, 0.1) is 18.1 Å². The Hall–Kier alpha value is -0.660. The first-order chi connectivity index (χ1) is 9.43. The molecular formula is C13H18ClNO4S. The Kier molecular flexibility index (Phi) is 5.04. The number of rotatable bonds is 5. The van der Waals surface area contributed by atoms with Crippen molar-refractivity contribution in [3.8, 4) is 0 Å². The second-order valence-electron chi connectivity index (χ2n) is 4.94. The molecule has 112 valence electrons. The molecule has 2 atom stereocenters. The minimum absolute atomic E-state index is 0.0254. The van der Waals surface area contributed by atoms with Crippen LogP contribution in [0.5, 0.6) is 0 Å². The van der Waals surface area contributed by atoms with E-state index in [1.165, 1.54) is 0 Å². The SMILES string of the molecule is O=S1(=O)CC[C@@H](N(CCO)[C@H](O)c2ccc(Cl)cc2)C1. The molecule has 1 aliphatic heterocycles. The molecular weight excluding hydrogens is 302 g/mol. The zero-order valence-corrected chi connectivity index (χ0v) is 12.5. The van der Waals surface area contributed by atoms with E-state index in [9.17, 15) is 13.5 Å². The smallest absolute Gasteiger partial charge is 0.151 e. The molecule has 20 heavy (non-hydrogen) atoms. The lowest BCUT2D eigenvalue weighted by Gasteiger charge is -2.32. The van der Waals surface area contributed by atoms with Gasteiger partial charge in [-0.3, -0.25) is 4.90 Å². The number of aliphatic hydroxyl groups is 2. The summed E-state index contributed by atoms with van der Waals surface area (Å²) in [4.78, 5) is 1.63. The minimum atomic E-state index is -3.04. The van der Waals surface area contributed by atoms with Crippen LogP contribution in [0.25, 0.3) is 0 Å². The Morgan fingerprint density at radius 1 is 1.35 bits per heavy atom. The predicted molar refractivity (Wildman–Crippen MR) is 77.3 cm³/mol. The molecule has 5 nitrogen and oxygen atoms in total. The highest BCUT2D eigenvalue weighted by Crippen LogP contribution is 2.26. The lowest BCUT2D eigenvalue weighted by atomic mass is 10.1. The molecule has 0 spiro atoms. The van der Waals surface area contributed by atoms with Crippen LogP contribution in [0, 0.1) is 0 Å². The highest BCUT2D eigenvalue weighted by Gasteiger charge is 2.35. The zero-order chi connectivity index (χ0) is 14.8. The Bertz CT molecular complexity index is 546. The van der Waals surface area contributed by atoms with Crippen LogP contribution in [-0.2, 0) is 9.84 Å². The third kappa shape index (κ3) is 3.71. The summed E-state index contributed by atoms with van der Waals surface area (Å²) in [5.74, 6) is 0.157. The molecule has 2 N–H and O–H groups in total. The lowest BCUT2D eigenvalue weighted by molar-refractivity contribution is -0.0298. The molecule has 7 heteroatoms. The van der Waals surface area contributed by atoms with Gasteiger partial charge in [0.2, 0.25) is 0 Å². The highest BCUT2D eigenvalue weighted by atomic mass is 35.5. The summed E-state index contributed by atoms with van der Waals surface area (Å²) in [5, 5.41) is 20.1. The third-order valence-electron chi connectivity index (χ3n) is 3.52. The summed E-state index contributed by atoms with van der Waals surface area (Å²) < 4.78 is 23.1. The van der Waals surface area contributed by atoms with E-state index < -0.39 is 16.1 Å². The number of nitrogens with zero attached hydrogens (tertiary/aromatic N) is 1. The standard InChI is InChI=1S/C13H18ClNO4S/c14-11-3-1-10(2-4-11)13(17)15(6-7-16)12-5-8-20(18,19)9-12/h1-4,12-13,16-17H,5-9H2/t12-,13-/m1/s1. The quantitative estimate of drug-likeness (QED) is 0.785. The van der Waals surface area contributed by atoms with Crippen LogP contribution < -0.4 is 0 Å². The summed E-state index contributed by atoms with van der Waals surface area (Å²) >= 11 is 5.81. The van der Waals surface area contributed by atoms with Crippen molar-refractivity contribution in [3.63, 3.8) is 0 Å². The number of hydrogen-bond donors (Lipinski definition) is 2. The second-order valence-corrected chi connectivity index (χ2v) is 7.61. The van der Waals surface area contributed by atoms with Crippen LogP contribution >= 0.6 is 11.6 Å². The van der Waals surface area contributed by atoms with Crippen LogP contribution in [0.4, 0.5) is 0 Å². The van der Waals surface area contributed by atoms with Crippen molar-refractivity contribution >= 4 is 21.4 Å². The van der Waals surface area contributed by atoms with Crippen molar-refractivity contribution in [2.24, 2.45) is 0 Å². The molecule has 0 aromatic heterocycles. The maximum absolute atomic E-state index is 11.6. The van der Waals surface area contributed by atoms with Gasteiger partial charge in [-0.05, 0) is 24.1 Å². The highest BCUT2D eigenvalue weighted by molar-refractivity contribution is 7.91. The summed E-state index contributed by atoms with van der Waals surface area (Å²) in [5.41, 5.74) is 0.632. The molecule has 1 heterocycles. The van der Waals surface area contributed by atoms with Gasteiger partial charge in [0.15, 0.2) is 9.84 Å². The normalized spacial score (nSPS) is 23.1. The topological polar surface area (TPSA) is 77.8 Å². The Morgan fingerprint density at radius 2 is 2.00 bits per heavy atom. The van der Waals surface area contributed by atoms with Crippen molar-refractivity contribution in [2.45, 2.75) is 18.7 Å². The van der Waals surface area contributed by atoms with E-state index in [2.05, 4.69) is 0 Å². The molecule has 1 saturated heterocycles. The van der Waals surface area contributed by atoms with E-state index in [0.717, 1.165) is 0 Å². The molecule has 1 fully saturated rings. The van der Waals surface area contributed by atoms with E-state index in [-0.39, 0.29) is 30.7 Å². The third-order valence-corrected chi connectivity index (χ3v) is 5.52. The molecule has 1 aromatic rings. The van der Waals surface area contributed by atoms with Gasteiger partial charge < -0.3 is 10.2 Å². The molecule has 0 unspecified atom stereocenters. The average molecular weight is 320 g/mol. The first-order valence-corrected chi connectivity index (χ1v) is 8.63. The fourth-order valence-electron chi connectivity index (χ4n) is 2.48. The zero-order valence-electron chi connectivity index (χ0n) is 10.9. The van der Waals surface area contributed by atoms with E-state index in [4.69, 9.17) is 16.7 Å². The predicted octanol–water partition coefficient (Wildman–Crippen LogP) is 0.812. The maximum Gasteiger partial charge on any atom is 0.151 e. The molecule has 2 rings (SSSR count). The first kappa shape index (κ1) is 15.7. The van der Waals surface area contributed by atoms with Crippen molar-refractivity contribution in [1.29, 1.82) is 0 Å². The van der Waals surface area contributed by atoms with Crippen LogP contribution in [-0.4, -0.2) is 54.2 Å². The van der Waals surface area contributed by atoms with Gasteiger partial charge in [-0.25, -0.2) is 8.42 Å². The first-order valence-electron chi connectivity index (χ1n) is 6.43. The summed E-state index contributed by atoms with van der Waals surface area (Å²) in [7, 11) is -3.04. The number of aliphatic hydroxyl groups excluding tert-OH is 2. The molecule has 0 amide bonds. The Labute approximate surface area is 123 Å². The van der Waals surface area contributed by atoms with E-state index in [0.29, 0.717) is 17.0 Å². The largest absolute Gasteiger partial charge is 0.395 e. The number of halogens is 1. The fraction of sp³-hybridized carbons (Fsp3) is 0.538. The van der Waals surface area contributed by atoms with Gasteiger partial charge in [-0.2, -0.15) is 0 Å². The Morgan fingerprint density at radius 3 is 2.50 bits per heavy atom. The maximum atomic E-state index is 11.6. The van der Waals surface area contributed by atoms with Crippen LogP contribution in [0.1, 0.15) is 18.2 Å². The van der Waals surface area contributed by atoms with Crippen molar-refractivity contribution in [2.75, 3.05) is 24.7 Å². The molecule has 0 saturated carbocycles. The van der Waals surface area contributed by atoms with Gasteiger partial charge in [-0.1, -0.05) is 23.7 Å². The molecule has 1 aromatic carbocycles. The number of sulfone groups is 1. The van der Waals surface area contributed by atoms with Crippen LogP contribution in [0.2, 0.25) is 5.02 Å². The minimum Gasteiger partial charge on any atom is -0.395 e. The van der Waals surface area contributed by atoms with Gasteiger partial charge in [0.1, 0.15) is 6.23 Å². The summed E-state index contributed by atoms with van der Waals surface area (Å²) in [6.07, 6.45) is -0.467. The summed E-state index contributed by atoms with van der Waals surface area (Å²) in [6.45, 7) is 0.0885. The van der Waals surface area contributed by atoms with E-state index >= 15 is 0 Å². The van der Waals surface area contributed by atoms with Crippen molar-refractivity contribution < 1.29 is 18.6 Å². The second kappa shape index (κ2) is 6.41. The fourth-order valence-corrected chi connectivity index (χ4v) is 4.35. The molecule has 0 aliphatic carbocycles. The van der Waals surface area contributed by atoms with Gasteiger partial charge in [-0.15, -0.1) is 0 Å². The van der Waals surface area contributed by atoms with Crippen molar-refractivity contribution in [3.05, 3.63) is 34.9 Å². The van der Waals surface area contributed by atoms with Crippen molar-refractivity contribution in [1.82, 2.24) is 4.90 Å². The Balaban J connectivity index is 2.17. The lowest BCUT2D eigenvalue weighted by Crippen LogP contribution is -2.41. The molecule has 1 aliphatic rings. The van der Waals surface area contributed by atoms with Gasteiger partial charge in [0.25, 0.3) is 0 Å². The average Bonchev–Trinajstić information content (AvgIpc) is 2.76. The van der Waals surface area contributed by atoms with Crippen LogP contribution in [0.3, 0.4) is 0 Å². The van der Waals surface area contributed by atoms with Crippen LogP contribution in [0.15, 0.2) is 24.3 Å². The number of benzene rings is 1. The number of hydrogen-bond acceptors (Lipinski definition) is 5.